The van der Waals surface area contributed by atoms with Crippen molar-refractivity contribution in [3.05, 3.63) is 0 Å². The molecule has 5 nitrogen and oxygen atoms in total. The Labute approximate surface area is 104 Å². The van der Waals surface area contributed by atoms with Gasteiger partial charge < -0.3 is 15.2 Å². The van der Waals surface area contributed by atoms with Gasteiger partial charge in [0.15, 0.2) is 9.84 Å². The summed E-state index contributed by atoms with van der Waals surface area (Å²) in [7, 11) is -2.97. The average molecular weight is 265 g/mol. The molecule has 1 rings (SSSR count). The smallest absolute Gasteiger partial charge is 0.152 e. The lowest BCUT2D eigenvalue weighted by atomic mass is 9.97. The summed E-state index contributed by atoms with van der Waals surface area (Å²) in [5, 5.41) is 0. The zero-order chi connectivity index (χ0) is 12.8. The fraction of sp³-hybridized carbons (Fsp3) is 1.00. The fourth-order valence-corrected chi connectivity index (χ4v) is 3.12. The quantitative estimate of drug-likeness (QED) is 0.718. The Morgan fingerprint density at radius 3 is 2.71 bits per heavy atom. The highest BCUT2D eigenvalue weighted by Crippen LogP contribution is 2.22. The topological polar surface area (TPSA) is 78.6 Å². The summed E-state index contributed by atoms with van der Waals surface area (Å²) in [5.74, 6) is 0.297. The third-order valence-electron chi connectivity index (χ3n) is 2.98. The molecule has 1 fully saturated rings. The Bertz CT molecular complexity index is 309. The Kier molecular flexibility index (Phi) is 5.85. The van der Waals surface area contributed by atoms with E-state index in [1.165, 1.54) is 0 Å². The van der Waals surface area contributed by atoms with Gasteiger partial charge in [0.05, 0.1) is 19.0 Å². The van der Waals surface area contributed by atoms with Crippen LogP contribution in [0.25, 0.3) is 0 Å². The highest BCUT2D eigenvalue weighted by atomic mass is 32.2. The molecule has 1 atom stereocenters. The van der Waals surface area contributed by atoms with Gasteiger partial charge >= 0.3 is 0 Å². The third-order valence-corrected chi connectivity index (χ3v) is 4.79. The molecule has 1 aliphatic rings. The van der Waals surface area contributed by atoms with E-state index >= 15 is 0 Å². The molecule has 0 amide bonds. The average Bonchev–Trinajstić information content (AvgIpc) is 2.30. The van der Waals surface area contributed by atoms with E-state index in [-0.39, 0.29) is 18.1 Å². The van der Waals surface area contributed by atoms with E-state index in [0.29, 0.717) is 19.6 Å². The molecule has 0 saturated carbocycles. The Morgan fingerprint density at radius 2 is 2.18 bits per heavy atom. The fourth-order valence-electron chi connectivity index (χ4n) is 1.96. The van der Waals surface area contributed by atoms with Crippen molar-refractivity contribution in [2.24, 2.45) is 5.73 Å². The SMILES string of the molecule is CCCS(=O)(=O)CCOC1(CN)CCCOC1. The van der Waals surface area contributed by atoms with Crippen LogP contribution in [-0.2, 0) is 19.3 Å². The first-order valence-electron chi connectivity index (χ1n) is 6.16. The van der Waals surface area contributed by atoms with Crippen molar-refractivity contribution >= 4 is 9.84 Å². The Balaban J connectivity index is 2.38. The number of sulfone groups is 1. The van der Waals surface area contributed by atoms with Crippen LogP contribution >= 0.6 is 0 Å². The van der Waals surface area contributed by atoms with Gasteiger partial charge in [0.25, 0.3) is 0 Å². The zero-order valence-corrected chi connectivity index (χ0v) is 11.3. The van der Waals surface area contributed by atoms with Crippen LogP contribution in [0.15, 0.2) is 0 Å². The van der Waals surface area contributed by atoms with Gasteiger partial charge in [0, 0.05) is 18.9 Å². The second-order valence-electron chi connectivity index (χ2n) is 4.54. The van der Waals surface area contributed by atoms with Gasteiger partial charge in [-0.3, -0.25) is 0 Å². The lowest BCUT2D eigenvalue weighted by Gasteiger charge is -2.35. The first kappa shape index (κ1) is 14.9. The van der Waals surface area contributed by atoms with E-state index in [1.54, 1.807) is 0 Å². The second kappa shape index (κ2) is 6.68. The minimum Gasteiger partial charge on any atom is -0.378 e. The van der Waals surface area contributed by atoms with Gasteiger partial charge in [-0.25, -0.2) is 8.42 Å². The molecule has 1 heterocycles. The van der Waals surface area contributed by atoms with Gasteiger partial charge in [0.1, 0.15) is 5.60 Å². The minimum absolute atomic E-state index is 0.0720. The molecular formula is C11H23NO4S. The maximum absolute atomic E-state index is 11.5. The van der Waals surface area contributed by atoms with Gasteiger partial charge in [-0.2, -0.15) is 0 Å². The summed E-state index contributed by atoms with van der Waals surface area (Å²) in [4.78, 5) is 0. The van der Waals surface area contributed by atoms with E-state index in [4.69, 9.17) is 15.2 Å². The van der Waals surface area contributed by atoms with Gasteiger partial charge in [0.2, 0.25) is 0 Å². The van der Waals surface area contributed by atoms with Crippen LogP contribution in [0.5, 0.6) is 0 Å². The largest absolute Gasteiger partial charge is 0.378 e. The van der Waals surface area contributed by atoms with Gasteiger partial charge in [-0.1, -0.05) is 6.92 Å². The third kappa shape index (κ3) is 4.91. The van der Waals surface area contributed by atoms with Gasteiger partial charge in [-0.05, 0) is 19.3 Å². The number of hydrogen-bond acceptors (Lipinski definition) is 5. The molecule has 1 aliphatic heterocycles. The van der Waals surface area contributed by atoms with E-state index in [1.807, 2.05) is 6.92 Å². The summed E-state index contributed by atoms with van der Waals surface area (Å²) >= 11 is 0. The maximum Gasteiger partial charge on any atom is 0.152 e. The lowest BCUT2D eigenvalue weighted by molar-refractivity contribution is -0.118. The van der Waals surface area contributed by atoms with Gasteiger partial charge in [-0.15, -0.1) is 0 Å². The van der Waals surface area contributed by atoms with E-state index in [2.05, 4.69) is 0 Å². The normalized spacial score (nSPS) is 26.0. The maximum atomic E-state index is 11.5. The number of nitrogens with two attached hydrogens (primary N) is 1. The Morgan fingerprint density at radius 1 is 1.41 bits per heavy atom. The molecule has 0 radical (unpaired) electrons. The highest BCUT2D eigenvalue weighted by Gasteiger charge is 2.32. The molecule has 0 bridgehead atoms. The van der Waals surface area contributed by atoms with Crippen molar-refractivity contribution in [3.8, 4) is 0 Å². The standard InChI is InChI=1S/C11H23NO4S/c1-2-7-17(13,14)8-6-16-11(9-12)4-3-5-15-10-11/h2-10,12H2,1H3. The summed E-state index contributed by atoms with van der Waals surface area (Å²) in [6, 6.07) is 0. The minimum atomic E-state index is -2.97. The van der Waals surface area contributed by atoms with Crippen molar-refractivity contribution in [3.63, 3.8) is 0 Å². The molecule has 0 aliphatic carbocycles. The van der Waals surface area contributed by atoms with E-state index in [9.17, 15) is 8.42 Å². The van der Waals surface area contributed by atoms with Crippen molar-refractivity contribution in [2.45, 2.75) is 31.8 Å². The van der Waals surface area contributed by atoms with E-state index < -0.39 is 15.4 Å². The molecule has 0 spiro atoms. The predicted molar refractivity (Wildman–Crippen MR) is 66.7 cm³/mol. The summed E-state index contributed by atoms with van der Waals surface area (Å²) < 4.78 is 34.1. The zero-order valence-electron chi connectivity index (χ0n) is 10.5. The number of hydrogen-bond donors (Lipinski definition) is 1. The monoisotopic (exact) mass is 265 g/mol. The molecule has 2 N–H and O–H groups in total. The molecule has 6 heteroatoms. The summed E-state index contributed by atoms with van der Waals surface area (Å²) in [6.45, 7) is 3.65. The van der Waals surface area contributed by atoms with Crippen LogP contribution in [0.1, 0.15) is 26.2 Å². The number of rotatable bonds is 7. The Hall–Kier alpha value is -0.170. The van der Waals surface area contributed by atoms with Crippen molar-refractivity contribution < 1.29 is 17.9 Å². The summed E-state index contributed by atoms with van der Waals surface area (Å²) in [5.41, 5.74) is 5.22. The summed E-state index contributed by atoms with van der Waals surface area (Å²) in [6.07, 6.45) is 2.41. The predicted octanol–water partition coefficient (Wildman–Crippen LogP) is 0.336. The van der Waals surface area contributed by atoms with Crippen molar-refractivity contribution in [2.75, 3.05) is 37.9 Å². The molecule has 0 aromatic heterocycles. The molecule has 0 aromatic rings. The van der Waals surface area contributed by atoms with Crippen molar-refractivity contribution in [1.29, 1.82) is 0 Å². The van der Waals surface area contributed by atoms with Crippen LogP contribution in [-0.4, -0.2) is 51.9 Å². The van der Waals surface area contributed by atoms with Crippen LogP contribution in [0.2, 0.25) is 0 Å². The molecule has 17 heavy (non-hydrogen) atoms. The first-order valence-corrected chi connectivity index (χ1v) is 7.98. The van der Waals surface area contributed by atoms with Crippen LogP contribution in [0.4, 0.5) is 0 Å². The van der Waals surface area contributed by atoms with Crippen LogP contribution in [0, 0.1) is 0 Å². The molecule has 1 unspecified atom stereocenters. The molecule has 0 aromatic carbocycles. The van der Waals surface area contributed by atoms with Crippen LogP contribution < -0.4 is 5.73 Å². The second-order valence-corrected chi connectivity index (χ2v) is 6.85. The number of ether oxygens (including phenoxy) is 2. The first-order chi connectivity index (χ1) is 8.04. The van der Waals surface area contributed by atoms with Crippen molar-refractivity contribution in [1.82, 2.24) is 0 Å². The molecule has 1 saturated heterocycles. The molecular weight excluding hydrogens is 242 g/mol. The van der Waals surface area contributed by atoms with Crippen LogP contribution in [0.3, 0.4) is 0 Å². The molecule has 102 valence electrons. The lowest BCUT2D eigenvalue weighted by Crippen LogP contribution is -2.48. The highest BCUT2D eigenvalue weighted by molar-refractivity contribution is 7.91. The van der Waals surface area contributed by atoms with E-state index in [0.717, 1.165) is 19.4 Å².